The summed E-state index contributed by atoms with van der Waals surface area (Å²) in [6.07, 6.45) is 0. The third-order valence-corrected chi connectivity index (χ3v) is 3.52. The average Bonchev–Trinajstić information content (AvgIpc) is 2.59. The smallest absolute Gasteiger partial charge is 0.191 e. The summed E-state index contributed by atoms with van der Waals surface area (Å²) >= 11 is 3.11. The van der Waals surface area contributed by atoms with E-state index in [1.807, 2.05) is 13.8 Å². The van der Waals surface area contributed by atoms with Gasteiger partial charge in [0.05, 0.1) is 10.0 Å². The summed E-state index contributed by atoms with van der Waals surface area (Å²) in [4.78, 5) is 19.2. The van der Waals surface area contributed by atoms with Gasteiger partial charge in [-0.2, -0.15) is 0 Å². The highest BCUT2D eigenvalue weighted by molar-refractivity contribution is 7.19. The molecule has 0 radical (unpaired) electrons. The summed E-state index contributed by atoms with van der Waals surface area (Å²) in [7, 11) is 0. The molecule has 6 heteroatoms. The van der Waals surface area contributed by atoms with E-state index in [9.17, 15) is 0 Å². The van der Waals surface area contributed by atoms with Crippen molar-refractivity contribution in [1.82, 2.24) is 19.9 Å². The molecule has 0 aliphatic rings. The Morgan fingerprint density at radius 2 is 1.14 bits per heavy atom. The molecule has 0 atom stereocenters. The van der Waals surface area contributed by atoms with E-state index in [1.165, 1.54) is 0 Å². The third kappa shape index (κ3) is 1.11. The molecule has 0 N–H and O–H groups in total. The number of rotatable bonds is 0. The molecule has 0 aromatic carbocycles. The SMILES string of the molecule is Cc1nc2nc3sc(C)nc3nc2s1. The van der Waals surface area contributed by atoms with Crippen molar-refractivity contribution in [2.45, 2.75) is 13.8 Å². The summed E-state index contributed by atoms with van der Waals surface area (Å²) in [5, 5.41) is 1.99. The van der Waals surface area contributed by atoms with Gasteiger partial charge in [-0.3, -0.25) is 0 Å². The Kier molecular flexibility index (Phi) is 1.57. The van der Waals surface area contributed by atoms with E-state index in [2.05, 4.69) is 19.9 Å². The molecule has 0 fully saturated rings. The first-order valence-corrected chi connectivity index (χ1v) is 5.74. The molecule has 0 aliphatic carbocycles. The molecule has 0 aliphatic heterocycles. The van der Waals surface area contributed by atoms with Crippen molar-refractivity contribution in [3.63, 3.8) is 0 Å². The maximum absolute atomic E-state index is 4.41. The molecule has 70 valence electrons. The Morgan fingerprint density at radius 1 is 0.714 bits per heavy atom. The third-order valence-electron chi connectivity index (χ3n) is 1.81. The number of fused-ring (bicyclic) bond motifs is 2. The molecule has 14 heavy (non-hydrogen) atoms. The van der Waals surface area contributed by atoms with Gasteiger partial charge in [0.25, 0.3) is 0 Å². The minimum Gasteiger partial charge on any atom is -0.220 e. The first-order chi connectivity index (χ1) is 6.72. The summed E-state index contributed by atoms with van der Waals surface area (Å²) in [6.45, 7) is 3.92. The largest absolute Gasteiger partial charge is 0.220 e. The fraction of sp³-hybridized carbons (Fsp3) is 0.250. The van der Waals surface area contributed by atoms with Gasteiger partial charge in [-0.05, 0) is 13.8 Å². The number of hydrogen-bond donors (Lipinski definition) is 0. The van der Waals surface area contributed by atoms with Crippen LogP contribution in [-0.2, 0) is 0 Å². The average molecular weight is 222 g/mol. The molecule has 3 aromatic rings. The topological polar surface area (TPSA) is 51.6 Å². The predicted octanol–water partition coefficient (Wildman–Crippen LogP) is 2.31. The second kappa shape index (κ2) is 2.68. The number of aryl methyl sites for hydroxylation is 2. The summed E-state index contributed by atoms with van der Waals surface area (Å²) in [5.41, 5.74) is 1.48. The van der Waals surface area contributed by atoms with E-state index in [0.29, 0.717) is 0 Å². The molecule has 0 spiro atoms. The van der Waals surface area contributed by atoms with Crippen molar-refractivity contribution in [2.24, 2.45) is 0 Å². The molecular formula is C8H6N4S2. The zero-order chi connectivity index (χ0) is 9.71. The van der Waals surface area contributed by atoms with Crippen LogP contribution in [0.15, 0.2) is 0 Å². The van der Waals surface area contributed by atoms with Gasteiger partial charge in [0.2, 0.25) is 0 Å². The van der Waals surface area contributed by atoms with Gasteiger partial charge < -0.3 is 0 Å². The Labute approximate surface area is 87.7 Å². The van der Waals surface area contributed by atoms with Crippen molar-refractivity contribution in [3.8, 4) is 0 Å². The maximum atomic E-state index is 4.41. The van der Waals surface area contributed by atoms with Crippen LogP contribution in [0.1, 0.15) is 10.0 Å². The second-order valence-electron chi connectivity index (χ2n) is 2.95. The lowest BCUT2D eigenvalue weighted by molar-refractivity contribution is 1.26. The highest BCUT2D eigenvalue weighted by Crippen LogP contribution is 2.23. The van der Waals surface area contributed by atoms with Crippen molar-refractivity contribution in [1.29, 1.82) is 0 Å². The Bertz CT molecular complexity index is 522. The van der Waals surface area contributed by atoms with Crippen LogP contribution in [0.2, 0.25) is 0 Å². The van der Waals surface area contributed by atoms with Gasteiger partial charge >= 0.3 is 0 Å². The lowest BCUT2D eigenvalue weighted by Gasteiger charge is -1.85. The van der Waals surface area contributed by atoms with Crippen LogP contribution in [0.4, 0.5) is 0 Å². The minimum absolute atomic E-state index is 0.739. The zero-order valence-corrected chi connectivity index (χ0v) is 9.24. The van der Waals surface area contributed by atoms with E-state index >= 15 is 0 Å². The second-order valence-corrected chi connectivity index (χ2v) is 5.31. The lowest BCUT2D eigenvalue weighted by atomic mass is 10.6. The normalized spacial score (nSPS) is 11.6. The molecule has 3 heterocycles. The van der Waals surface area contributed by atoms with Crippen molar-refractivity contribution in [2.75, 3.05) is 0 Å². The van der Waals surface area contributed by atoms with Crippen LogP contribution >= 0.6 is 22.7 Å². The predicted molar refractivity (Wildman–Crippen MR) is 57.9 cm³/mol. The molecule has 0 saturated heterocycles. The Hall–Kier alpha value is -1.14. The van der Waals surface area contributed by atoms with E-state index in [4.69, 9.17) is 0 Å². The number of thiazole rings is 2. The van der Waals surface area contributed by atoms with Crippen molar-refractivity contribution >= 4 is 43.6 Å². The fourth-order valence-electron chi connectivity index (χ4n) is 1.29. The van der Waals surface area contributed by atoms with Crippen LogP contribution in [0.5, 0.6) is 0 Å². The van der Waals surface area contributed by atoms with E-state index < -0.39 is 0 Å². The van der Waals surface area contributed by atoms with Crippen molar-refractivity contribution in [3.05, 3.63) is 10.0 Å². The van der Waals surface area contributed by atoms with Crippen LogP contribution in [0, 0.1) is 13.8 Å². The van der Waals surface area contributed by atoms with Gasteiger partial charge in [-0.1, -0.05) is 22.7 Å². The lowest BCUT2D eigenvalue weighted by Crippen LogP contribution is -1.81. The van der Waals surface area contributed by atoms with Gasteiger partial charge in [-0.15, -0.1) is 0 Å². The number of aromatic nitrogens is 4. The van der Waals surface area contributed by atoms with Crippen LogP contribution < -0.4 is 0 Å². The van der Waals surface area contributed by atoms with E-state index in [1.54, 1.807) is 22.7 Å². The highest BCUT2D eigenvalue weighted by Gasteiger charge is 2.08. The van der Waals surface area contributed by atoms with Crippen LogP contribution in [-0.4, -0.2) is 19.9 Å². The van der Waals surface area contributed by atoms with Gasteiger partial charge in [0, 0.05) is 0 Å². The molecule has 3 aromatic heterocycles. The molecule has 3 rings (SSSR count). The van der Waals surface area contributed by atoms with E-state index in [0.717, 1.165) is 31.0 Å². The molecule has 0 unspecified atom stereocenters. The van der Waals surface area contributed by atoms with Gasteiger partial charge in [-0.25, -0.2) is 19.9 Å². The summed E-state index contributed by atoms with van der Waals surface area (Å²) < 4.78 is 0. The van der Waals surface area contributed by atoms with Gasteiger partial charge in [0.1, 0.15) is 0 Å². The Morgan fingerprint density at radius 3 is 1.57 bits per heavy atom. The summed E-state index contributed by atoms with van der Waals surface area (Å²) in [5.74, 6) is 0. The fourth-order valence-corrected chi connectivity index (χ4v) is 2.75. The quantitative estimate of drug-likeness (QED) is 0.585. The molecule has 4 nitrogen and oxygen atoms in total. The molecular weight excluding hydrogens is 216 g/mol. The highest BCUT2D eigenvalue weighted by atomic mass is 32.1. The monoisotopic (exact) mass is 222 g/mol. The molecule has 0 bridgehead atoms. The maximum Gasteiger partial charge on any atom is 0.191 e. The number of nitrogens with zero attached hydrogens (tertiary/aromatic N) is 4. The van der Waals surface area contributed by atoms with Crippen LogP contribution in [0.25, 0.3) is 21.0 Å². The van der Waals surface area contributed by atoms with Crippen LogP contribution in [0.3, 0.4) is 0 Å². The Balaban J connectivity index is 2.49. The summed E-state index contributed by atoms with van der Waals surface area (Å²) in [6, 6.07) is 0. The standard InChI is InChI=1S/C8H6N4S2/c1-3-9-5-7(13-3)12-6-8(11-5)14-4(2)10-6/h1-2H3. The van der Waals surface area contributed by atoms with Gasteiger partial charge in [0.15, 0.2) is 21.0 Å². The first-order valence-electron chi connectivity index (χ1n) is 4.11. The molecule has 0 amide bonds. The van der Waals surface area contributed by atoms with E-state index in [-0.39, 0.29) is 0 Å². The minimum atomic E-state index is 0.739. The zero-order valence-electron chi connectivity index (χ0n) is 7.61. The first kappa shape index (κ1) is 8.19. The molecule has 0 saturated carbocycles. The van der Waals surface area contributed by atoms with Crippen molar-refractivity contribution < 1.29 is 0 Å². The number of hydrogen-bond acceptors (Lipinski definition) is 6.